The first kappa shape index (κ1) is 12.2. The molecule has 0 saturated heterocycles. The van der Waals surface area contributed by atoms with Gasteiger partial charge in [-0.1, -0.05) is 6.07 Å². The zero-order valence-corrected chi connectivity index (χ0v) is 10.3. The Balaban J connectivity index is 2.86. The van der Waals surface area contributed by atoms with Gasteiger partial charge in [-0.25, -0.2) is 0 Å². The van der Waals surface area contributed by atoms with Gasteiger partial charge in [0.1, 0.15) is 0 Å². The highest BCUT2D eigenvalue weighted by Crippen LogP contribution is 2.19. The van der Waals surface area contributed by atoms with Gasteiger partial charge in [-0.05, 0) is 32.2 Å². The van der Waals surface area contributed by atoms with Gasteiger partial charge >= 0.3 is 0 Å². The van der Waals surface area contributed by atoms with Gasteiger partial charge in [-0.15, -0.1) is 11.3 Å². The molecular weight excluding hydrogens is 208 g/mol. The molecule has 1 rings (SSSR count). The van der Waals surface area contributed by atoms with Gasteiger partial charge in [0.2, 0.25) is 0 Å². The van der Waals surface area contributed by atoms with Crippen LogP contribution in [0.25, 0.3) is 0 Å². The highest BCUT2D eigenvalue weighted by molar-refractivity contribution is 7.12. The molecule has 0 radical (unpaired) electrons. The molecule has 4 heteroatoms. The van der Waals surface area contributed by atoms with Crippen LogP contribution in [0.3, 0.4) is 0 Å². The summed E-state index contributed by atoms with van der Waals surface area (Å²) in [5, 5.41) is 1.91. The van der Waals surface area contributed by atoms with Crippen molar-refractivity contribution in [3.8, 4) is 0 Å². The maximum Gasteiger partial charge on any atom is 0.264 e. The molecule has 0 atom stereocenters. The third kappa shape index (κ3) is 3.04. The highest BCUT2D eigenvalue weighted by atomic mass is 32.1. The molecule has 0 unspecified atom stereocenters. The summed E-state index contributed by atoms with van der Waals surface area (Å²) >= 11 is 1.47. The SMILES string of the molecule is CC(C)(C)N(CCN)C(=O)c1cccs1. The van der Waals surface area contributed by atoms with Crippen LogP contribution < -0.4 is 5.73 Å². The van der Waals surface area contributed by atoms with Crippen LogP contribution in [0.4, 0.5) is 0 Å². The Kier molecular flexibility index (Phi) is 3.88. The fourth-order valence-electron chi connectivity index (χ4n) is 1.40. The minimum Gasteiger partial charge on any atom is -0.332 e. The largest absolute Gasteiger partial charge is 0.332 e. The van der Waals surface area contributed by atoms with E-state index in [4.69, 9.17) is 5.73 Å². The highest BCUT2D eigenvalue weighted by Gasteiger charge is 2.26. The Morgan fingerprint density at radius 3 is 2.60 bits per heavy atom. The molecule has 0 aliphatic rings. The first-order chi connectivity index (χ1) is 6.96. The summed E-state index contributed by atoms with van der Waals surface area (Å²) in [5.41, 5.74) is 5.35. The Morgan fingerprint density at radius 2 is 2.20 bits per heavy atom. The predicted molar refractivity (Wildman–Crippen MR) is 64.2 cm³/mol. The third-order valence-corrected chi connectivity index (χ3v) is 3.00. The molecule has 1 heterocycles. The summed E-state index contributed by atoms with van der Waals surface area (Å²) in [4.78, 5) is 14.7. The van der Waals surface area contributed by atoms with Gasteiger partial charge < -0.3 is 10.6 Å². The fourth-order valence-corrected chi connectivity index (χ4v) is 2.08. The zero-order chi connectivity index (χ0) is 11.5. The Morgan fingerprint density at radius 1 is 1.53 bits per heavy atom. The lowest BCUT2D eigenvalue weighted by Gasteiger charge is -2.35. The van der Waals surface area contributed by atoms with E-state index in [2.05, 4.69) is 0 Å². The molecule has 84 valence electrons. The van der Waals surface area contributed by atoms with Gasteiger partial charge in [0.25, 0.3) is 5.91 Å². The maximum atomic E-state index is 12.1. The summed E-state index contributed by atoms with van der Waals surface area (Å²) in [5.74, 6) is 0.0722. The van der Waals surface area contributed by atoms with Crippen LogP contribution in [0.2, 0.25) is 0 Å². The van der Waals surface area contributed by atoms with Gasteiger partial charge in [0.05, 0.1) is 4.88 Å². The Bertz CT molecular complexity index is 314. The number of nitrogens with two attached hydrogens (primary N) is 1. The van der Waals surface area contributed by atoms with Crippen molar-refractivity contribution in [2.75, 3.05) is 13.1 Å². The molecule has 1 aromatic heterocycles. The lowest BCUT2D eigenvalue weighted by Crippen LogP contribution is -2.47. The molecule has 0 aliphatic heterocycles. The van der Waals surface area contributed by atoms with Gasteiger partial charge in [-0.2, -0.15) is 0 Å². The maximum absolute atomic E-state index is 12.1. The van der Waals surface area contributed by atoms with Crippen molar-refractivity contribution in [3.05, 3.63) is 22.4 Å². The van der Waals surface area contributed by atoms with Crippen molar-refractivity contribution in [2.45, 2.75) is 26.3 Å². The van der Waals surface area contributed by atoms with Crippen molar-refractivity contribution in [1.29, 1.82) is 0 Å². The lowest BCUT2D eigenvalue weighted by atomic mass is 10.1. The van der Waals surface area contributed by atoms with Gasteiger partial charge in [0, 0.05) is 18.6 Å². The number of hydrogen-bond acceptors (Lipinski definition) is 3. The molecule has 0 spiro atoms. The number of thiophene rings is 1. The molecule has 2 N–H and O–H groups in total. The zero-order valence-electron chi connectivity index (χ0n) is 9.49. The number of carbonyl (C=O) groups is 1. The van der Waals surface area contributed by atoms with Crippen LogP contribution in [0.5, 0.6) is 0 Å². The third-order valence-electron chi connectivity index (χ3n) is 2.14. The number of rotatable bonds is 3. The second-order valence-electron chi connectivity index (χ2n) is 4.39. The minimum absolute atomic E-state index is 0.0722. The second-order valence-corrected chi connectivity index (χ2v) is 5.34. The molecule has 1 amide bonds. The number of carbonyl (C=O) groups excluding carboxylic acids is 1. The van der Waals surface area contributed by atoms with E-state index >= 15 is 0 Å². The average Bonchev–Trinajstić information content (AvgIpc) is 2.63. The second kappa shape index (κ2) is 4.77. The summed E-state index contributed by atoms with van der Waals surface area (Å²) < 4.78 is 0. The summed E-state index contributed by atoms with van der Waals surface area (Å²) in [7, 11) is 0. The van der Waals surface area contributed by atoms with E-state index in [1.165, 1.54) is 11.3 Å². The fraction of sp³-hybridized carbons (Fsp3) is 0.545. The molecule has 0 fully saturated rings. The van der Waals surface area contributed by atoms with Crippen LogP contribution in [-0.4, -0.2) is 29.4 Å². The quantitative estimate of drug-likeness (QED) is 0.856. The topological polar surface area (TPSA) is 46.3 Å². The van der Waals surface area contributed by atoms with Crippen LogP contribution >= 0.6 is 11.3 Å². The molecular formula is C11H18N2OS. The smallest absolute Gasteiger partial charge is 0.264 e. The van der Waals surface area contributed by atoms with Crippen molar-refractivity contribution in [2.24, 2.45) is 5.73 Å². The molecule has 3 nitrogen and oxygen atoms in total. The van der Waals surface area contributed by atoms with E-state index in [0.717, 1.165) is 4.88 Å². The summed E-state index contributed by atoms with van der Waals surface area (Å²) in [6.07, 6.45) is 0. The van der Waals surface area contributed by atoms with E-state index in [9.17, 15) is 4.79 Å². The number of nitrogens with zero attached hydrogens (tertiary/aromatic N) is 1. The predicted octanol–water partition coefficient (Wildman–Crippen LogP) is 1.95. The van der Waals surface area contributed by atoms with Crippen molar-refractivity contribution in [1.82, 2.24) is 4.90 Å². The molecule has 15 heavy (non-hydrogen) atoms. The van der Waals surface area contributed by atoms with E-state index in [-0.39, 0.29) is 11.4 Å². The van der Waals surface area contributed by atoms with E-state index < -0.39 is 0 Å². The van der Waals surface area contributed by atoms with E-state index in [0.29, 0.717) is 13.1 Å². The lowest BCUT2D eigenvalue weighted by molar-refractivity contribution is 0.0597. The first-order valence-corrected chi connectivity index (χ1v) is 5.90. The van der Waals surface area contributed by atoms with Crippen LogP contribution in [-0.2, 0) is 0 Å². The van der Waals surface area contributed by atoms with Crippen LogP contribution in [0, 0.1) is 0 Å². The first-order valence-electron chi connectivity index (χ1n) is 5.02. The van der Waals surface area contributed by atoms with Gasteiger partial charge in [0.15, 0.2) is 0 Å². The normalized spacial score (nSPS) is 11.5. The standard InChI is InChI=1S/C11H18N2OS/c1-11(2,3)13(7-6-12)10(14)9-5-4-8-15-9/h4-5,8H,6-7,12H2,1-3H3. The molecule has 0 aromatic carbocycles. The molecule has 0 aliphatic carbocycles. The molecule has 0 saturated carbocycles. The van der Waals surface area contributed by atoms with E-state index in [1.54, 1.807) is 0 Å². The van der Waals surface area contributed by atoms with E-state index in [1.807, 2.05) is 43.2 Å². The average molecular weight is 226 g/mol. The molecule has 0 bridgehead atoms. The monoisotopic (exact) mass is 226 g/mol. The molecule has 1 aromatic rings. The van der Waals surface area contributed by atoms with Gasteiger partial charge in [-0.3, -0.25) is 4.79 Å². The summed E-state index contributed by atoms with van der Waals surface area (Å²) in [6.45, 7) is 7.16. The number of amides is 1. The minimum atomic E-state index is -0.180. The summed E-state index contributed by atoms with van der Waals surface area (Å²) in [6, 6.07) is 3.74. The Labute approximate surface area is 94.9 Å². The Hall–Kier alpha value is -0.870. The van der Waals surface area contributed by atoms with Crippen LogP contribution in [0.15, 0.2) is 17.5 Å². The van der Waals surface area contributed by atoms with Crippen molar-refractivity contribution < 1.29 is 4.79 Å². The van der Waals surface area contributed by atoms with Crippen molar-refractivity contribution in [3.63, 3.8) is 0 Å². The van der Waals surface area contributed by atoms with Crippen molar-refractivity contribution >= 4 is 17.2 Å². The number of hydrogen-bond donors (Lipinski definition) is 1. The van der Waals surface area contributed by atoms with Crippen LogP contribution in [0.1, 0.15) is 30.4 Å².